The summed E-state index contributed by atoms with van der Waals surface area (Å²) in [6.07, 6.45) is 5.79. The Kier molecular flexibility index (Phi) is 11.5. The molecule has 11 heteroatoms. The molecular weight excluding hydrogens is 736 g/mol. The lowest BCUT2D eigenvalue weighted by molar-refractivity contribution is -0.143. The number of likely N-dealkylation sites (N-methyl/N-ethyl adjacent to an activating group) is 1. The Hall–Kier alpha value is -5.08. The van der Waals surface area contributed by atoms with Gasteiger partial charge in [-0.3, -0.25) is 9.69 Å². The molecule has 58 heavy (non-hydrogen) atoms. The minimum absolute atomic E-state index is 0.00302. The van der Waals surface area contributed by atoms with Crippen LogP contribution in [0.15, 0.2) is 42.5 Å². The maximum atomic E-state index is 18.2. The van der Waals surface area contributed by atoms with Crippen molar-refractivity contribution < 1.29 is 33.0 Å². The van der Waals surface area contributed by atoms with Crippen LogP contribution in [0.5, 0.6) is 11.6 Å². The van der Waals surface area contributed by atoms with E-state index in [1.54, 1.807) is 37.8 Å². The highest BCUT2D eigenvalue weighted by molar-refractivity contribution is 6.07. The number of esters is 1. The zero-order valence-electron chi connectivity index (χ0n) is 34.8. The highest BCUT2D eigenvalue weighted by atomic mass is 19.1. The van der Waals surface area contributed by atoms with Crippen LogP contribution in [0, 0.1) is 34.4 Å². The molecule has 3 aromatic carbocycles. The Bertz CT molecular complexity index is 2270. The molecule has 0 spiro atoms. The second kappa shape index (κ2) is 16.3. The zero-order valence-corrected chi connectivity index (χ0v) is 34.8. The molecule has 3 atom stereocenters. The summed E-state index contributed by atoms with van der Waals surface area (Å²) in [7, 11) is 2.05. The Balaban J connectivity index is 1.54. The second-order valence-electron chi connectivity index (χ2n) is 18.3. The number of aromatic nitrogens is 1. The highest BCUT2D eigenvalue weighted by Gasteiger charge is 2.53. The van der Waals surface area contributed by atoms with Gasteiger partial charge in [-0.05, 0) is 152 Å². The van der Waals surface area contributed by atoms with Gasteiger partial charge in [0.15, 0.2) is 5.82 Å². The number of hydrogen-bond acceptors (Lipinski definition) is 9. The lowest BCUT2D eigenvalue weighted by Gasteiger charge is -2.45. The van der Waals surface area contributed by atoms with E-state index in [4.69, 9.17) is 19.2 Å². The molecular formula is C47H55FN4O6. The summed E-state index contributed by atoms with van der Waals surface area (Å²) in [5.41, 5.74) is 0.612. The molecule has 306 valence electrons. The molecule has 3 aliphatic carbocycles. The lowest BCUT2D eigenvalue weighted by Crippen LogP contribution is -2.53. The Morgan fingerprint density at radius 1 is 1.03 bits per heavy atom. The maximum absolute atomic E-state index is 18.2. The van der Waals surface area contributed by atoms with Gasteiger partial charge in [0.1, 0.15) is 29.8 Å². The summed E-state index contributed by atoms with van der Waals surface area (Å²) in [6, 6.07) is 15.0. The van der Waals surface area contributed by atoms with E-state index >= 15 is 4.39 Å². The molecule has 4 aromatic rings. The fourth-order valence-corrected chi connectivity index (χ4v) is 9.05. The molecule has 0 radical (unpaired) electrons. The van der Waals surface area contributed by atoms with Crippen molar-refractivity contribution in [2.45, 2.75) is 117 Å². The van der Waals surface area contributed by atoms with Crippen LogP contribution in [0.3, 0.4) is 0 Å². The number of fused-ring (bicyclic) bond motifs is 3. The Morgan fingerprint density at radius 2 is 1.78 bits per heavy atom. The first-order valence-electron chi connectivity index (χ1n) is 20.7. The number of rotatable bonds is 12. The topological polar surface area (TPSA) is 122 Å². The van der Waals surface area contributed by atoms with E-state index in [0.29, 0.717) is 34.4 Å². The van der Waals surface area contributed by atoms with Gasteiger partial charge in [-0.1, -0.05) is 24.3 Å². The van der Waals surface area contributed by atoms with Crippen molar-refractivity contribution in [3.8, 4) is 28.8 Å². The first kappa shape index (κ1) is 41.1. The highest BCUT2D eigenvalue weighted by Crippen LogP contribution is 2.54. The molecule has 4 aliphatic rings. The number of benzene rings is 3. The number of amides is 1. The number of likely N-dealkylation sites (tertiary alicyclic amines) is 1. The molecule has 3 saturated carbocycles. The normalized spacial score (nSPS) is 20.5. The van der Waals surface area contributed by atoms with E-state index in [1.807, 2.05) is 51.1 Å². The number of hydrogen-bond donors (Lipinski definition) is 0. The van der Waals surface area contributed by atoms with Crippen molar-refractivity contribution in [3.63, 3.8) is 0 Å². The molecule has 1 amide bonds. The van der Waals surface area contributed by atoms with Gasteiger partial charge in [0.2, 0.25) is 5.88 Å². The molecule has 10 nitrogen and oxygen atoms in total. The van der Waals surface area contributed by atoms with E-state index in [9.17, 15) is 19.6 Å². The zero-order chi connectivity index (χ0) is 41.5. The van der Waals surface area contributed by atoms with Gasteiger partial charge < -0.3 is 23.9 Å². The van der Waals surface area contributed by atoms with Crippen molar-refractivity contribution in [2.75, 3.05) is 25.1 Å². The van der Waals surface area contributed by atoms with E-state index in [2.05, 4.69) is 18.0 Å². The van der Waals surface area contributed by atoms with Gasteiger partial charge >= 0.3 is 12.1 Å². The molecule has 1 aromatic heterocycles. The van der Waals surface area contributed by atoms with Gasteiger partial charge in [-0.25, -0.2) is 14.2 Å². The van der Waals surface area contributed by atoms with E-state index in [0.717, 1.165) is 55.7 Å². The van der Waals surface area contributed by atoms with Crippen LogP contribution in [0.25, 0.3) is 32.8 Å². The molecule has 2 bridgehead atoms. The smallest absolute Gasteiger partial charge is 0.415 e. The Morgan fingerprint density at radius 3 is 2.41 bits per heavy atom. The van der Waals surface area contributed by atoms with Crippen molar-refractivity contribution in [1.82, 2.24) is 9.88 Å². The summed E-state index contributed by atoms with van der Waals surface area (Å²) in [5, 5.41) is 11.7. The molecule has 2 heterocycles. The van der Waals surface area contributed by atoms with E-state index in [-0.39, 0.29) is 72.3 Å². The van der Waals surface area contributed by atoms with Crippen LogP contribution in [-0.2, 0) is 27.2 Å². The quantitative estimate of drug-likeness (QED) is 0.0784. The molecule has 8 rings (SSSR count). The Labute approximate surface area is 340 Å². The third kappa shape index (κ3) is 8.13. The van der Waals surface area contributed by atoms with Crippen LogP contribution in [0.4, 0.5) is 14.9 Å². The predicted molar refractivity (Wildman–Crippen MR) is 223 cm³/mol. The standard InChI is InChI=1S/C47H55FN4O6/c1-46(2,3)44(54)57-33-24-28-13-8-9-16-34(28)36(26-33)38-29(14-10-20-49)25-37-40(39(38)48)50-43(56-27-32-15-11-21-51(32)7)35(17-12-22-53)42(37)52(45(55)58-47(4,5)6)41-30-18-19-31(41)23-30/h8-9,13,16,22,24-26,30-32,41H,10-12,14-15,17-19,21,23,27H2,1-7H3/t30?,31?,32-,41?/m0/s1. The molecule has 1 saturated heterocycles. The first-order valence-corrected chi connectivity index (χ1v) is 20.7. The average molecular weight is 791 g/mol. The van der Waals surface area contributed by atoms with Crippen molar-refractivity contribution in [3.05, 3.63) is 59.4 Å². The number of halogens is 1. The van der Waals surface area contributed by atoms with Crippen molar-refractivity contribution in [2.24, 2.45) is 17.3 Å². The number of nitriles is 1. The van der Waals surface area contributed by atoms with Crippen LogP contribution >= 0.6 is 0 Å². The molecule has 4 fully saturated rings. The van der Waals surface area contributed by atoms with Gasteiger partial charge in [0.05, 0.1) is 17.2 Å². The van der Waals surface area contributed by atoms with Gasteiger partial charge in [-0.2, -0.15) is 5.26 Å². The fourth-order valence-electron chi connectivity index (χ4n) is 9.05. The van der Waals surface area contributed by atoms with Crippen LogP contribution in [0.1, 0.15) is 97.6 Å². The number of carbonyl (C=O) groups excluding carboxylic acids is 3. The predicted octanol–water partition coefficient (Wildman–Crippen LogP) is 9.75. The van der Waals surface area contributed by atoms with Gasteiger partial charge in [0.25, 0.3) is 0 Å². The monoisotopic (exact) mass is 790 g/mol. The first-order chi connectivity index (χ1) is 27.6. The SMILES string of the molecule is CN1CCC[C@H]1COc1nc2c(F)c(-c3cc(OC(=O)C(C)(C)C)cc4ccccc34)c(CCC#N)cc2c(N(C(=O)OC(C)(C)C)C2C3CCC2C3)c1CCC=O. The van der Waals surface area contributed by atoms with Crippen LogP contribution < -0.4 is 14.4 Å². The molecule has 2 unspecified atom stereocenters. The number of anilines is 1. The number of aldehydes is 1. The number of aryl methyl sites for hydroxylation is 1. The summed E-state index contributed by atoms with van der Waals surface area (Å²) in [4.78, 5) is 48.8. The fraction of sp³-hybridized carbons (Fsp3) is 0.511. The second-order valence-corrected chi connectivity index (χ2v) is 18.3. The average Bonchev–Trinajstić information content (AvgIpc) is 3.92. The van der Waals surface area contributed by atoms with Crippen LogP contribution in [-0.4, -0.2) is 66.1 Å². The third-order valence-electron chi connectivity index (χ3n) is 12.0. The van der Waals surface area contributed by atoms with Crippen molar-refractivity contribution >= 4 is 45.7 Å². The molecule has 1 aliphatic heterocycles. The van der Waals surface area contributed by atoms with Gasteiger partial charge in [0, 0.05) is 41.4 Å². The third-order valence-corrected chi connectivity index (χ3v) is 12.0. The van der Waals surface area contributed by atoms with Crippen molar-refractivity contribution in [1.29, 1.82) is 5.26 Å². The number of ether oxygens (including phenoxy) is 3. The number of carbonyl (C=O) groups is 3. The van der Waals surface area contributed by atoms with Gasteiger partial charge in [-0.15, -0.1) is 0 Å². The summed E-state index contributed by atoms with van der Waals surface area (Å²) in [5.74, 6) is -0.169. The number of nitrogens with zero attached hydrogens (tertiary/aromatic N) is 4. The minimum Gasteiger partial charge on any atom is -0.476 e. The number of pyridine rings is 1. The minimum atomic E-state index is -0.824. The summed E-state index contributed by atoms with van der Waals surface area (Å²) >= 11 is 0. The van der Waals surface area contributed by atoms with E-state index in [1.165, 1.54) is 0 Å². The van der Waals surface area contributed by atoms with E-state index < -0.39 is 28.9 Å². The van der Waals surface area contributed by atoms with Crippen LogP contribution in [0.2, 0.25) is 0 Å². The summed E-state index contributed by atoms with van der Waals surface area (Å²) < 4.78 is 36.9. The lowest BCUT2D eigenvalue weighted by atomic mass is 9.76. The summed E-state index contributed by atoms with van der Waals surface area (Å²) in [6.45, 7) is 12.0. The molecule has 0 N–H and O–H groups in total. The maximum Gasteiger partial charge on any atom is 0.415 e. The largest absolute Gasteiger partial charge is 0.476 e.